The molecule has 0 atom stereocenters. The van der Waals surface area contributed by atoms with Gasteiger partial charge in [-0.1, -0.05) is 32.4 Å². The first-order valence-corrected chi connectivity index (χ1v) is 8.17. The van der Waals surface area contributed by atoms with Crippen LogP contribution in [0.2, 0.25) is 0 Å². The number of β-amino-alcohol motifs (C(OH)–C–C–N with tert-alkyl or cyclic N) is 1. The standard InChI is InChI=1S/C14H21NO3S/c1-3-9-14(16)10-15(11-14)19(17,18)13-7-5-12(4-2)6-8-13/h5-8,16H,3-4,9-11H2,1-2H3. The number of rotatable bonds is 5. The highest BCUT2D eigenvalue weighted by Crippen LogP contribution is 2.31. The van der Waals surface area contributed by atoms with Crippen molar-refractivity contribution in [2.45, 2.75) is 43.6 Å². The molecule has 19 heavy (non-hydrogen) atoms. The SMILES string of the molecule is CCCC1(O)CN(S(=O)(=O)c2ccc(CC)cc2)C1. The Balaban J connectivity index is 2.11. The fourth-order valence-electron chi connectivity index (χ4n) is 2.45. The largest absolute Gasteiger partial charge is 0.387 e. The Bertz CT molecular complexity index is 530. The van der Waals surface area contributed by atoms with Crippen LogP contribution in [0, 0.1) is 0 Å². The molecule has 0 spiro atoms. The average molecular weight is 283 g/mol. The van der Waals surface area contributed by atoms with E-state index < -0.39 is 15.6 Å². The van der Waals surface area contributed by atoms with Gasteiger partial charge in [0.2, 0.25) is 10.0 Å². The first-order valence-electron chi connectivity index (χ1n) is 6.73. The predicted octanol–water partition coefficient (Wildman–Crippen LogP) is 1.78. The van der Waals surface area contributed by atoms with Gasteiger partial charge < -0.3 is 5.11 Å². The van der Waals surface area contributed by atoms with E-state index in [1.165, 1.54) is 4.31 Å². The second-order valence-electron chi connectivity index (χ2n) is 5.24. The van der Waals surface area contributed by atoms with Gasteiger partial charge in [0, 0.05) is 13.1 Å². The molecule has 1 aromatic carbocycles. The Labute approximate surface area is 115 Å². The third-order valence-corrected chi connectivity index (χ3v) is 5.43. The van der Waals surface area contributed by atoms with Gasteiger partial charge in [0.15, 0.2) is 0 Å². The summed E-state index contributed by atoms with van der Waals surface area (Å²) in [4.78, 5) is 0.309. The zero-order chi connectivity index (χ0) is 14.1. The minimum atomic E-state index is -3.44. The number of benzene rings is 1. The smallest absolute Gasteiger partial charge is 0.243 e. The van der Waals surface area contributed by atoms with E-state index in [9.17, 15) is 13.5 Å². The summed E-state index contributed by atoms with van der Waals surface area (Å²) in [6, 6.07) is 6.96. The van der Waals surface area contributed by atoms with E-state index in [0.29, 0.717) is 11.3 Å². The van der Waals surface area contributed by atoms with Crippen molar-refractivity contribution in [1.82, 2.24) is 4.31 Å². The molecule has 5 heteroatoms. The van der Waals surface area contributed by atoms with Crippen LogP contribution in [0.15, 0.2) is 29.2 Å². The van der Waals surface area contributed by atoms with Crippen molar-refractivity contribution in [3.63, 3.8) is 0 Å². The van der Waals surface area contributed by atoms with Gasteiger partial charge in [-0.05, 0) is 30.5 Å². The number of hydrogen-bond donors (Lipinski definition) is 1. The van der Waals surface area contributed by atoms with Crippen molar-refractivity contribution in [2.24, 2.45) is 0 Å². The maximum Gasteiger partial charge on any atom is 0.243 e. The van der Waals surface area contributed by atoms with Crippen molar-refractivity contribution >= 4 is 10.0 Å². The molecule has 0 radical (unpaired) electrons. The van der Waals surface area contributed by atoms with Gasteiger partial charge in [-0.25, -0.2) is 8.42 Å². The fourth-order valence-corrected chi connectivity index (χ4v) is 4.05. The zero-order valence-electron chi connectivity index (χ0n) is 11.5. The zero-order valence-corrected chi connectivity index (χ0v) is 12.3. The van der Waals surface area contributed by atoms with Crippen LogP contribution in [0.4, 0.5) is 0 Å². The molecular formula is C14H21NO3S. The molecule has 0 saturated carbocycles. The maximum atomic E-state index is 12.3. The monoisotopic (exact) mass is 283 g/mol. The first kappa shape index (κ1) is 14.5. The molecule has 2 rings (SSSR count). The highest BCUT2D eigenvalue weighted by molar-refractivity contribution is 7.89. The maximum absolute atomic E-state index is 12.3. The summed E-state index contributed by atoms with van der Waals surface area (Å²) in [5.41, 5.74) is 0.288. The molecule has 1 heterocycles. The number of nitrogens with zero attached hydrogens (tertiary/aromatic N) is 1. The molecule has 1 aliphatic heterocycles. The summed E-state index contributed by atoms with van der Waals surface area (Å²) in [6.07, 6.45) is 2.39. The van der Waals surface area contributed by atoms with E-state index in [0.717, 1.165) is 18.4 Å². The lowest BCUT2D eigenvalue weighted by Crippen LogP contribution is -2.63. The van der Waals surface area contributed by atoms with Crippen molar-refractivity contribution in [3.8, 4) is 0 Å². The van der Waals surface area contributed by atoms with Crippen LogP contribution >= 0.6 is 0 Å². The fraction of sp³-hybridized carbons (Fsp3) is 0.571. The number of hydrogen-bond acceptors (Lipinski definition) is 3. The molecule has 106 valence electrons. The van der Waals surface area contributed by atoms with E-state index in [2.05, 4.69) is 0 Å². The van der Waals surface area contributed by atoms with Crippen LogP contribution in [0.3, 0.4) is 0 Å². The van der Waals surface area contributed by atoms with Crippen LogP contribution in [-0.2, 0) is 16.4 Å². The van der Waals surface area contributed by atoms with Gasteiger partial charge in [-0.3, -0.25) is 0 Å². The van der Waals surface area contributed by atoms with Crippen molar-refractivity contribution < 1.29 is 13.5 Å². The number of aliphatic hydroxyl groups is 1. The van der Waals surface area contributed by atoms with Gasteiger partial charge in [0.05, 0.1) is 10.5 Å². The molecule has 1 saturated heterocycles. The van der Waals surface area contributed by atoms with Crippen molar-refractivity contribution in [2.75, 3.05) is 13.1 Å². The molecule has 0 amide bonds. The van der Waals surface area contributed by atoms with Crippen LogP contribution in [-0.4, -0.2) is 36.5 Å². The Hall–Kier alpha value is -0.910. The molecule has 0 aromatic heterocycles. The summed E-state index contributed by atoms with van der Waals surface area (Å²) in [5, 5.41) is 10.1. The molecule has 1 N–H and O–H groups in total. The van der Waals surface area contributed by atoms with Crippen LogP contribution < -0.4 is 0 Å². The lowest BCUT2D eigenvalue weighted by Gasteiger charge is -2.45. The predicted molar refractivity (Wildman–Crippen MR) is 74.4 cm³/mol. The lowest BCUT2D eigenvalue weighted by molar-refractivity contribution is -0.0653. The minimum absolute atomic E-state index is 0.207. The molecule has 4 nitrogen and oxygen atoms in total. The van der Waals surface area contributed by atoms with Crippen LogP contribution in [0.25, 0.3) is 0 Å². The van der Waals surface area contributed by atoms with Gasteiger partial charge in [0.25, 0.3) is 0 Å². The van der Waals surface area contributed by atoms with E-state index in [1.54, 1.807) is 12.1 Å². The van der Waals surface area contributed by atoms with Crippen LogP contribution in [0.5, 0.6) is 0 Å². The summed E-state index contributed by atoms with van der Waals surface area (Å²) >= 11 is 0. The Kier molecular flexibility index (Phi) is 3.99. The number of aryl methyl sites for hydroxylation is 1. The topological polar surface area (TPSA) is 57.6 Å². The highest BCUT2D eigenvalue weighted by atomic mass is 32.2. The van der Waals surface area contributed by atoms with Gasteiger partial charge in [-0.15, -0.1) is 0 Å². The molecule has 1 aromatic rings. The summed E-state index contributed by atoms with van der Waals surface area (Å²) in [5.74, 6) is 0. The Morgan fingerprint density at radius 1 is 1.21 bits per heavy atom. The van der Waals surface area contributed by atoms with Crippen molar-refractivity contribution in [1.29, 1.82) is 0 Å². The van der Waals surface area contributed by atoms with Gasteiger partial charge in [0.1, 0.15) is 0 Å². The third-order valence-electron chi connectivity index (χ3n) is 3.63. The summed E-state index contributed by atoms with van der Waals surface area (Å²) in [7, 11) is -3.44. The van der Waals surface area contributed by atoms with Gasteiger partial charge >= 0.3 is 0 Å². The molecule has 0 unspecified atom stereocenters. The Morgan fingerprint density at radius 3 is 2.26 bits per heavy atom. The van der Waals surface area contributed by atoms with E-state index in [4.69, 9.17) is 0 Å². The Morgan fingerprint density at radius 2 is 1.79 bits per heavy atom. The quantitative estimate of drug-likeness (QED) is 0.896. The minimum Gasteiger partial charge on any atom is -0.387 e. The molecular weight excluding hydrogens is 262 g/mol. The van der Waals surface area contributed by atoms with E-state index >= 15 is 0 Å². The third kappa shape index (κ3) is 2.83. The summed E-state index contributed by atoms with van der Waals surface area (Å²) < 4.78 is 26.0. The summed E-state index contributed by atoms with van der Waals surface area (Å²) in [6.45, 7) is 4.43. The normalized spacial score (nSPS) is 19.1. The first-order chi connectivity index (χ1) is 8.91. The average Bonchev–Trinajstić information content (AvgIpc) is 2.36. The molecule has 0 bridgehead atoms. The van der Waals surface area contributed by atoms with Gasteiger partial charge in [-0.2, -0.15) is 4.31 Å². The van der Waals surface area contributed by atoms with Crippen molar-refractivity contribution in [3.05, 3.63) is 29.8 Å². The van der Waals surface area contributed by atoms with E-state index in [1.807, 2.05) is 26.0 Å². The molecule has 0 aliphatic carbocycles. The lowest BCUT2D eigenvalue weighted by atomic mass is 9.92. The molecule has 1 fully saturated rings. The molecule has 1 aliphatic rings. The van der Waals surface area contributed by atoms with E-state index in [-0.39, 0.29) is 13.1 Å². The number of sulfonamides is 1. The second-order valence-corrected chi connectivity index (χ2v) is 7.18. The highest BCUT2D eigenvalue weighted by Gasteiger charge is 2.46. The second kappa shape index (κ2) is 5.23. The van der Waals surface area contributed by atoms with Crippen LogP contribution in [0.1, 0.15) is 32.3 Å².